The van der Waals surface area contributed by atoms with Crippen molar-refractivity contribution in [2.75, 3.05) is 4.90 Å². The smallest absolute Gasteiger partial charge is 0.135 e. The number of benzene rings is 6. The molecule has 2 heteroatoms. The minimum Gasteiger partial charge on any atom is -0.456 e. The maximum absolute atomic E-state index is 6.39. The van der Waals surface area contributed by atoms with Gasteiger partial charge in [-0.25, -0.2) is 0 Å². The predicted molar refractivity (Wildman–Crippen MR) is 228 cm³/mol. The van der Waals surface area contributed by atoms with Crippen LogP contribution in [-0.2, 0) is 10.8 Å². The minimum atomic E-state index is 0.127. The molecule has 0 radical (unpaired) electrons. The SMILES string of the molecule is c1ccc2c(c1)-c1ccc(N(c3ccc4c(c3)-c3ccccc3C43C4CCC5CC(C4)CC3C5)c3ccc4oc5ccccc5c4c3)cc1C21CC2CCC1C2. The van der Waals surface area contributed by atoms with Crippen LogP contribution in [0.3, 0.4) is 0 Å². The molecule has 1 aromatic heterocycles. The van der Waals surface area contributed by atoms with E-state index in [0.717, 1.165) is 46.7 Å². The van der Waals surface area contributed by atoms with Gasteiger partial charge in [-0.15, -0.1) is 0 Å². The Morgan fingerprint density at radius 3 is 1.96 bits per heavy atom. The van der Waals surface area contributed by atoms with Gasteiger partial charge in [0.2, 0.25) is 0 Å². The molecule has 0 amide bonds. The van der Waals surface area contributed by atoms with Crippen LogP contribution in [0.4, 0.5) is 17.1 Å². The number of hydrogen-bond acceptors (Lipinski definition) is 2. The first kappa shape index (κ1) is 31.1. The van der Waals surface area contributed by atoms with Crippen molar-refractivity contribution in [2.45, 2.75) is 75.0 Å². The molecule has 0 saturated heterocycles. The van der Waals surface area contributed by atoms with Crippen molar-refractivity contribution in [1.29, 1.82) is 0 Å². The fourth-order valence-corrected chi connectivity index (χ4v) is 15.2. The molecular formula is C54H47NO. The van der Waals surface area contributed by atoms with Crippen molar-refractivity contribution < 1.29 is 4.42 Å². The molecule has 0 N–H and O–H groups in total. The van der Waals surface area contributed by atoms with Gasteiger partial charge in [0.1, 0.15) is 11.2 Å². The first-order valence-corrected chi connectivity index (χ1v) is 21.9. The molecular weight excluding hydrogens is 679 g/mol. The Hall–Kier alpha value is -5.08. The van der Waals surface area contributed by atoms with Crippen molar-refractivity contribution >= 4 is 39.0 Å². The number of anilines is 3. The average Bonchev–Trinajstić information content (AvgIpc) is 4.03. The number of nitrogens with zero attached hydrogens (tertiary/aromatic N) is 1. The summed E-state index contributed by atoms with van der Waals surface area (Å²) >= 11 is 0. The van der Waals surface area contributed by atoms with E-state index in [1.54, 1.807) is 22.3 Å². The first-order chi connectivity index (χ1) is 27.7. The zero-order valence-corrected chi connectivity index (χ0v) is 32.0. The molecule has 8 aliphatic carbocycles. The first-order valence-electron chi connectivity index (χ1n) is 21.9. The van der Waals surface area contributed by atoms with Crippen LogP contribution in [0, 0.1) is 35.5 Å². The monoisotopic (exact) mass is 725 g/mol. The molecule has 1 heterocycles. The third kappa shape index (κ3) is 3.80. The Bertz CT molecular complexity index is 2800. The second-order valence-electron chi connectivity index (χ2n) is 19.2. The lowest BCUT2D eigenvalue weighted by Crippen LogP contribution is -2.48. The van der Waals surface area contributed by atoms with E-state index in [0.29, 0.717) is 0 Å². The van der Waals surface area contributed by atoms with E-state index >= 15 is 0 Å². The van der Waals surface area contributed by atoms with E-state index in [1.165, 1.54) is 114 Å². The Balaban J connectivity index is 0.995. The van der Waals surface area contributed by atoms with Gasteiger partial charge in [-0.2, -0.15) is 0 Å². The van der Waals surface area contributed by atoms with E-state index in [4.69, 9.17) is 4.42 Å². The molecule has 0 aliphatic heterocycles. The molecule has 6 fully saturated rings. The normalized spacial score (nSPS) is 31.0. The van der Waals surface area contributed by atoms with Gasteiger partial charge in [0.05, 0.1) is 0 Å². The van der Waals surface area contributed by atoms with E-state index < -0.39 is 0 Å². The molecule has 7 aromatic rings. The number of furan rings is 1. The second-order valence-corrected chi connectivity index (χ2v) is 19.2. The van der Waals surface area contributed by atoms with Crippen LogP contribution in [0.25, 0.3) is 44.2 Å². The van der Waals surface area contributed by atoms with Gasteiger partial charge in [-0.3, -0.25) is 0 Å². The Morgan fingerprint density at radius 2 is 1.07 bits per heavy atom. The van der Waals surface area contributed by atoms with Crippen molar-refractivity contribution in [1.82, 2.24) is 0 Å². The molecule has 8 unspecified atom stereocenters. The average molecular weight is 726 g/mol. The summed E-state index contributed by atoms with van der Waals surface area (Å²) < 4.78 is 6.39. The lowest BCUT2D eigenvalue weighted by Gasteiger charge is -2.53. The van der Waals surface area contributed by atoms with Crippen molar-refractivity contribution in [3.05, 3.63) is 150 Å². The molecule has 274 valence electrons. The fraction of sp³-hybridized carbons (Fsp3) is 0.333. The third-order valence-corrected chi connectivity index (χ3v) is 17.0. The van der Waals surface area contributed by atoms with Crippen LogP contribution in [0.5, 0.6) is 0 Å². The van der Waals surface area contributed by atoms with Crippen molar-refractivity contribution in [3.63, 3.8) is 0 Å². The summed E-state index contributed by atoms with van der Waals surface area (Å²) in [5.74, 6) is 4.92. The molecule has 8 atom stereocenters. The molecule has 6 saturated carbocycles. The summed E-state index contributed by atoms with van der Waals surface area (Å²) in [4.78, 5) is 2.59. The van der Waals surface area contributed by atoms with Gasteiger partial charge in [0.25, 0.3) is 0 Å². The zero-order chi connectivity index (χ0) is 36.3. The molecule has 6 aromatic carbocycles. The topological polar surface area (TPSA) is 16.4 Å². The highest BCUT2D eigenvalue weighted by atomic mass is 16.3. The standard InChI is InChI=1S/C54H47NO/c1-4-10-47-41(7-1)43-20-17-40(30-50(43)53(47)31-33-14-15-35(53)25-33)55(39-19-22-52-46(29-39)44-9-3-6-12-51(44)56-52)38-18-21-49-45(28-38)42-8-2-5-11-48(42)54(49)36-16-13-32-23-34(26-36)27-37(54)24-32/h1-12,17-22,28-30,32-37H,13-16,23-27,31H2. The van der Waals surface area contributed by atoms with Gasteiger partial charge >= 0.3 is 0 Å². The molecule has 56 heavy (non-hydrogen) atoms. The van der Waals surface area contributed by atoms with E-state index in [-0.39, 0.29) is 10.8 Å². The Labute approximate surface area is 329 Å². The van der Waals surface area contributed by atoms with Crippen LogP contribution in [0.1, 0.15) is 86.5 Å². The predicted octanol–water partition coefficient (Wildman–Crippen LogP) is 14.3. The highest BCUT2D eigenvalue weighted by Gasteiger charge is 2.60. The largest absolute Gasteiger partial charge is 0.456 e. The number of para-hydroxylation sites is 1. The Kier molecular flexibility index (Phi) is 6.02. The van der Waals surface area contributed by atoms with E-state index in [2.05, 4.69) is 132 Å². The highest BCUT2D eigenvalue weighted by molar-refractivity contribution is 6.06. The lowest BCUT2D eigenvalue weighted by molar-refractivity contribution is 0.0618. The van der Waals surface area contributed by atoms with Crippen molar-refractivity contribution in [3.8, 4) is 22.3 Å². The van der Waals surface area contributed by atoms with E-state index in [9.17, 15) is 0 Å². The highest BCUT2D eigenvalue weighted by Crippen LogP contribution is 2.69. The number of fused-ring (bicyclic) bond motifs is 15. The number of hydrogen-bond donors (Lipinski definition) is 0. The Morgan fingerprint density at radius 1 is 0.429 bits per heavy atom. The fourth-order valence-electron chi connectivity index (χ4n) is 15.2. The summed E-state index contributed by atoms with van der Waals surface area (Å²) in [6, 6.07) is 49.6. The second kappa shape index (κ2) is 10.9. The van der Waals surface area contributed by atoms with Gasteiger partial charge in [-0.1, -0.05) is 91.7 Å². The van der Waals surface area contributed by atoms with Gasteiger partial charge < -0.3 is 9.32 Å². The van der Waals surface area contributed by atoms with Crippen LogP contribution in [0.2, 0.25) is 0 Å². The quantitative estimate of drug-likeness (QED) is 0.180. The maximum Gasteiger partial charge on any atom is 0.135 e. The van der Waals surface area contributed by atoms with Crippen LogP contribution >= 0.6 is 0 Å². The van der Waals surface area contributed by atoms with Gasteiger partial charge in [-0.05, 0) is 180 Å². The van der Waals surface area contributed by atoms with Crippen LogP contribution in [0.15, 0.2) is 132 Å². The van der Waals surface area contributed by atoms with E-state index in [1.807, 2.05) is 0 Å². The zero-order valence-electron chi connectivity index (χ0n) is 32.0. The summed E-state index contributed by atoms with van der Waals surface area (Å²) in [5.41, 5.74) is 18.2. The molecule has 6 bridgehead atoms. The summed E-state index contributed by atoms with van der Waals surface area (Å²) in [7, 11) is 0. The van der Waals surface area contributed by atoms with Gasteiger partial charge in [0.15, 0.2) is 0 Å². The van der Waals surface area contributed by atoms with Crippen LogP contribution < -0.4 is 4.90 Å². The summed E-state index contributed by atoms with van der Waals surface area (Å²) in [5, 5.41) is 2.36. The molecule has 2 nitrogen and oxygen atoms in total. The lowest BCUT2D eigenvalue weighted by atomic mass is 9.51. The van der Waals surface area contributed by atoms with Crippen molar-refractivity contribution in [2.24, 2.45) is 35.5 Å². The van der Waals surface area contributed by atoms with Gasteiger partial charge in [0, 0.05) is 38.7 Å². The molecule has 15 rings (SSSR count). The number of rotatable bonds is 3. The van der Waals surface area contributed by atoms with Crippen LogP contribution in [-0.4, -0.2) is 0 Å². The molecule has 8 aliphatic rings. The third-order valence-electron chi connectivity index (χ3n) is 17.0. The summed E-state index contributed by atoms with van der Waals surface area (Å²) in [6.07, 6.45) is 14.0. The molecule has 2 spiro atoms. The minimum absolute atomic E-state index is 0.127. The summed E-state index contributed by atoms with van der Waals surface area (Å²) in [6.45, 7) is 0. The maximum atomic E-state index is 6.39.